The molecular weight excluding hydrogens is 274 g/mol. The lowest BCUT2D eigenvalue weighted by Crippen LogP contribution is -2.42. The number of hydrogen-bond acceptors (Lipinski definition) is 3. The van der Waals surface area contributed by atoms with E-state index in [2.05, 4.69) is 5.32 Å². The number of nitrogens with one attached hydrogen (secondary N) is 1. The molecule has 0 saturated carbocycles. The number of amides is 1. The highest BCUT2D eigenvalue weighted by atomic mass is 32.1. The van der Waals surface area contributed by atoms with Crippen molar-refractivity contribution in [1.82, 2.24) is 5.32 Å². The minimum atomic E-state index is -1.03. The molecule has 2 rings (SSSR count). The molecule has 0 bridgehead atoms. The molecule has 0 aliphatic carbocycles. The minimum Gasteiger partial charge on any atom is -0.480 e. The molecule has 2 N–H and O–H groups in total. The Labute approximate surface area is 121 Å². The highest BCUT2D eigenvalue weighted by Gasteiger charge is 2.22. The van der Waals surface area contributed by atoms with Crippen LogP contribution in [0.4, 0.5) is 0 Å². The summed E-state index contributed by atoms with van der Waals surface area (Å²) < 4.78 is 0. The normalized spacial score (nSPS) is 11.8. The Hall–Kier alpha value is -2.14. The summed E-state index contributed by atoms with van der Waals surface area (Å²) in [4.78, 5) is 23.3. The summed E-state index contributed by atoms with van der Waals surface area (Å²) in [5.74, 6) is -1.37. The lowest BCUT2D eigenvalue weighted by atomic mass is 10.1. The third-order valence-electron chi connectivity index (χ3n) is 2.99. The molecule has 2 aromatic rings. The van der Waals surface area contributed by atoms with Crippen LogP contribution in [-0.2, 0) is 11.2 Å². The summed E-state index contributed by atoms with van der Waals surface area (Å²) in [7, 11) is 0. The highest BCUT2D eigenvalue weighted by molar-refractivity contribution is 7.08. The van der Waals surface area contributed by atoms with E-state index in [0.29, 0.717) is 5.56 Å². The van der Waals surface area contributed by atoms with Crippen molar-refractivity contribution in [2.45, 2.75) is 19.4 Å². The van der Waals surface area contributed by atoms with Crippen molar-refractivity contribution in [2.24, 2.45) is 0 Å². The molecule has 1 aromatic heterocycles. The molecule has 20 heavy (non-hydrogen) atoms. The number of aliphatic carboxylic acids is 1. The number of carboxylic acid groups (broad SMARTS) is 1. The molecule has 1 amide bonds. The maximum absolute atomic E-state index is 12.1. The van der Waals surface area contributed by atoms with Gasteiger partial charge in [0.05, 0.1) is 5.56 Å². The average molecular weight is 289 g/mol. The van der Waals surface area contributed by atoms with Crippen molar-refractivity contribution in [3.8, 4) is 0 Å². The molecule has 0 spiro atoms. The van der Waals surface area contributed by atoms with Gasteiger partial charge in [-0.1, -0.05) is 30.3 Å². The fourth-order valence-electron chi connectivity index (χ4n) is 1.88. The van der Waals surface area contributed by atoms with Crippen LogP contribution in [0.3, 0.4) is 0 Å². The van der Waals surface area contributed by atoms with Crippen LogP contribution in [0.5, 0.6) is 0 Å². The van der Waals surface area contributed by atoms with E-state index in [1.54, 1.807) is 5.38 Å². The van der Waals surface area contributed by atoms with Crippen molar-refractivity contribution < 1.29 is 14.7 Å². The zero-order valence-corrected chi connectivity index (χ0v) is 11.8. The molecule has 0 radical (unpaired) electrons. The molecule has 1 atom stereocenters. The molecule has 0 unspecified atom stereocenters. The number of rotatable bonds is 5. The summed E-state index contributed by atoms with van der Waals surface area (Å²) in [5, 5.41) is 15.4. The predicted octanol–water partition coefficient (Wildman–Crippen LogP) is 2.48. The largest absolute Gasteiger partial charge is 0.480 e. The zero-order valence-electron chi connectivity index (χ0n) is 11.0. The van der Waals surface area contributed by atoms with Crippen LogP contribution in [0.25, 0.3) is 0 Å². The first-order chi connectivity index (χ1) is 9.58. The number of hydrogen-bond donors (Lipinski definition) is 2. The van der Waals surface area contributed by atoms with Gasteiger partial charge in [-0.2, -0.15) is 11.3 Å². The van der Waals surface area contributed by atoms with E-state index < -0.39 is 12.0 Å². The maximum atomic E-state index is 12.1. The summed E-state index contributed by atoms with van der Waals surface area (Å²) in [6.45, 7) is 1.83. The SMILES string of the molecule is Cc1cscc1C(=O)N[C@H](Cc1ccccc1)C(=O)O. The van der Waals surface area contributed by atoms with Crippen LogP contribution >= 0.6 is 11.3 Å². The fourth-order valence-corrected chi connectivity index (χ4v) is 2.71. The number of carbonyl (C=O) groups excluding carboxylic acids is 1. The Morgan fingerprint density at radius 2 is 1.95 bits per heavy atom. The van der Waals surface area contributed by atoms with Crippen LogP contribution in [0.2, 0.25) is 0 Å². The monoisotopic (exact) mass is 289 g/mol. The fraction of sp³-hybridized carbons (Fsp3) is 0.200. The molecule has 104 valence electrons. The van der Waals surface area contributed by atoms with Gasteiger partial charge >= 0.3 is 5.97 Å². The van der Waals surface area contributed by atoms with Crippen molar-refractivity contribution in [1.29, 1.82) is 0 Å². The first kappa shape index (κ1) is 14.3. The van der Waals surface area contributed by atoms with E-state index in [1.165, 1.54) is 11.3 Å². The standard InChI is InChI=1S/C15H15NO3S/c1-10-8-20-9-12(10)14(17)16-13(15(18)19)7-11-5-3-2-4-6-11/h2-6,8-9,13H,7H2,1H3,(H,16,17)(H,18,19)/t13-/m1/s1. The number of aryl methyl sites for hydroxylation is 1. The molecule has 0 aliphatic rings. The lowest BCUT2D eigenvalue weighted by Gasteiger charge is -2.14. The van der Waals surface area contributed by atoms with Crippen molar-refractivity contribution >= 4 is 23.2 Å². The average Bonchev–Trinajstić information content (AvgIpc) is 2.85. The first-order valence-corrected chi connectivity index (χ1v) is 7.12. The molecule has 0 saturated heterocycles. The summed E-state index contributed by atoms with van der Waals surface area (Å²) in [6, 6.07) is 8.32. The summed E-state index contributed by atoms with van der Waals surface area (Å²) in [6.07, 6.45) is 0.269. The van der Waals surface area contributed by atoms with E-state index in [-0.39, 0.29) is 12.3 Å². The van der Waals surface area contributed by atoms with Gasteiger partial charge in [0.25, 0.3) is 5.91 Å². The van der Waals surface area contributed by atoms with E-state index in [9.17, 15) is 14.7 Å². The van der Waals surface area contributed by atoms with Crippen LogP contribution < -0.4 is 5.32 Å². The van der Waals surface area contributed by atoms with E-state index in [0.717, 1.165) is 11.1 Å². The first-order valence-electron chi connectivity index (χ1n) is 6.18. The van der Waals surface area contributed by atoms with Gasteiger partial charge in [0, 0.05) is 11.8 Å². The topological polar surface area (TPSA) is 66.4 Å². The van der Waals surface area contributed by atoms with Crippen LogP contribution in [0.1, 0.15) is 21.5 Å². The van der Waals surface area contributed by atoms with Gasteiger partial charge in [0.2, 0.25) is 0 Å². The smallest absolute Gasteiger partial charge is 0.326 e. The second kappa shape index (κ2) is 6.34. The number of carboxylic acids is 1. The van der Waals surface area contributed by atoms with Crippen LogP contribution in [-0.4, -0.2) is 23.0 Å². The van der Waals surface area contributed by atoms with Gasteiger partial charge in [0.1, 0.15) is 6.04 Å². The van der Waals surface area contributed by atoms with Gasteiger partial charge in [-0.25, -0.2) is 4.79 Å². The Bertz CT molecular complexity index is 607. The second-order valence-electron chi connectivity index (χ2n) is 4.52. The van der Waals surface area contributed by atoms with Gasteiger partial charge in [-0.15, -0.1) is 0 Å². The zero-order chi connectivity index (χ0) is 14.5. The molecule has 0 aliphatic heterocycles. The highest BCUT2D eigenvalue weighted by Crippen LogP contribution is 2.14. The minimum absolute atomic E-state index is 0.269. The summed E-state index contributed by atoms with van der Waals surface area (Å²) in [5.41, 5.74) is 2.27. The van der Waals surface area contributed by atoms with Crippen LogP contribution in [0.15, 0.2) is 41.1 Å². The van der Waals surface area contributed by atoms with Gasteiger partial charge in [-0.05, 0) is 23.4 Å². The lowest BCUT2D eigenvalue weighted by molar-refractivity contribution is -0.139. The Morgan fingerprint density at radius 1 is 1.25 bits per heavy atom. The van der Waals surface area contributed by atoms with Crippen molar-refractivity contribution in [2.75, 3.05) is 0 Å². The van der Waals surface area contributed by atoms with E-state index in [1.807, 2.05) is 42.6 Å². The van der Waals surface area contributed by atoms with E-state index >= 15 is 0 Å². The van der Waals surface area contributed by atoms with Gasteiger partial charge in [-0.3, -0.25) is 4.79 Å². The third-order valence-corrected chi connectivity index (χ3v) is 3.85. The number of thiophene rings is 1. The van der Waals surface area contributed by atoms with Crippen molar-refractivity contribution in [3.05, 3.63) is 57.8 Å². The summed E-state index contributed by atoms with van der Waals surface area (Å²) >= 11 is 1.43. The second-order valence-corrected chi connectivity index (χ2v) is 5.27. The molecular formula is C15H15NO3S. The molecule has 4 nitrogen and oxygen atoms in total. The molecule has 1 aromatic carbocycles. The number of benzene rings is 1. The van der Waals surface area contributed by atoms with E-state index in [4.69, 9.17) is 0 Å². The quantitative estimate of drug-likeness (QED) is 0.888. The maximum Gasteiger partial charge on any atom is 0.326 e. The molecule has 0 fully saturated rings. The van der Waals surface area contributed by atoms with Gasteiger partial charge < -0.3 is 10.4 Å². The Morgan fingerprint density at radius 3 is 2.50 bits per heavy atom. The van der Waals surface area contributed by atoms with Gasteiger partial charge in [0.15, 0.2) is 0 Å². The third kappa shape index (κ3) is 3.45. The predicted molar refractivity (Wildman–Crippen MR) is 78.1 cm³/mol. The van der Waals surface area contributed by atoms with Crippen LogP contribution in [0, 0.1) is 6.92 Å². The molecule has 5 heteroatoms. The molecule has 1 heterocycles. The Balaban J connectivity index is 2.09. The number of carbonyl (C=O) groups is 2. The van der Waals surface area contributed by atoms with Crippen molar-refractivity contribution in [3.63, 3.8) is 0 Å². The Kier molecular flexibility index (Phi) is 4.53.